The summed E-state index contributed by atoms with van der Waals surface area (Å²) >= 11 is 1.09. The maximum absolute atomic E-state index is 14.6. The molecule has 63 heavy (non-hydrogen) atoms. The van der Waals surface area contributed by atoms with E-state index in [1.54, 1.807) is 32.0 Å². The first-order valence-corrected chi connectivity index (χ1v) is 22.1. The molecule has 1 radical (unpaired) electrons. The maximum atomic E-state index is 14.6. The largest absolute Gasteiger partial charge is 0.403 e. The summed E-state index contributed by atoms with van der Waals surface area (Å²) in [5.41, 5.74) is 6.69. The number of benzene rings is 1. The first-order chi connectivity index (χ1) is 29.4. The Labute approximate surface area is 395 Å². The summed E-state index contributed by atoms with van der Waals surface area (Å²) in [6.07, 6.45) is -1.86. The molecule has 1 fully saturated rings. The van der Waals surface area contributed by atoms with Crippen molar-refractivity contribution in [3.63, 3.8) is 0 Å². The minimum absolute atomic E-state index is 0. The quantitative estimate of drug-likeness (QED) is 0.153. The second-order valence-electron chi connectivity index (χ2n) is 16.6. The summed E-state index contributed by atoms with van der Waals surface area (Å²) in [5.74, 6) is -8.09. The molecular weight excluding hydrogens is 911 g/mol. The summed E-state index contributed by atoms with van der Waals surface area (Å²) in [6, 6.07) is 0.0576. The number of hydrogen-bond acceptors (Lipinski definition) is 11. The normalized spacial score (nSPS) is 27.5. The Morgan fingerprint density at radius 2 is 1.62 bits per heavy atom. The van der Waals surface area contributed by atoms with Crippen molar-refractivity contribution in [1.29, 1.82) is 0 Å². The zero-order valence-electron chi connectivity index (χ0n) is 36.2. The summed E-state index contributed by atoms with van der Waals surface area (Å²) in [6.45, 7) is 8.25. The average Bonchev–Trinajstić information content (AvgIpc) is 3.81. The Morgan fingerprint density at radius 1 is 0.889 bits per heavy atom. The van der Waals surface area contributed by atoms with Crippen LogP contribution >= 0.6 is 11.8 Å². The minimum atomic E-state index is -1.63. The summed E-state index contributed by atoms with van der Waals surface area (Å²) < 4.78 is 0. The van der Waals surface area contributed by atoms with Gasteiger partial charge in [-0.05, 0) is 23.3 Å². The van der Waals surface area contributed by atoms with Gasteiger partial charge in [-0.2, -0.15) is 24.3 Å². The van der Waals surface area contributed by atoms with Gasteiger partial charge < -0.3 is 52.6 Å². The third-order valence-electron chi connectivity index (χ3n) is 12.2. The van der Waals surface area contributed by atoms with Gasteiger partial charge in [-0.25, -0.2) is 0 Å². The van der Waals surface area contributed by atoms with Crippen molar-refractivity contribution in [3.8, 4) is 0 Å². The van der Waals surface area contributed by atoms with Gasteiger partial charge in [0.25, 0.3) is 0 Å². The van der Waals surface area contributed by atoms with Crippen molar-refractivity contribution in [2.75, 3.05) is 18.8 Å². The smallest absolute Gasteiger partial charge is 0.246 e. The molecule has 10 atom stereocenters. The standard InChI is InChI=1S/C42H58N9O10S.Y/c1-6-20(3)22(5)36-40(60)46-27-15-25-24-10-8-9-11-26(24)48-41(25)62-19-29(45-33(55)13-12-31(53)35(21(4)7-2)49-34(56)17-44-37(27)57)38(58)47-28(16-32(43)54)42(61)51-18-23(52)14-30(51)39(59)50-36;/h8,10-11,20-23,27-30,35-36,48,52H,6-7,12-19H2,1-5H3,(H2,43,54)(H,44,57)(H,45,55)(H,46,60)(H,47,58)(H,49,56)(H,50,59);/q-1;/t20-,21-,22-,23+,27?,28-,29-,30-,35-,36?;/m0./s1. The Balaban J connectivity index is 0.00000871. The molecule has 1 aromatic carbocycles. The Kier molecular flexibility index (Phi) is 18.7. The molecule has 4 heterocycles. The molecule has 8 amide bonds. The molecular formula is C42H58N9O10SY-. The van der Waals surface area contributed by atoms with E-state index in [0.717, 1.165) is 16.7 Å². The van der Waals surface area contributed by atoms with E-state index in [2.05, 4.69) is 43.0 Å². The number of aromatic amines is 1. The molecule has 2 aromatic rings. The molecule has 5 rings (SSSR count). The van der Waals surface area contributed by atoms with Crippen LogP contribution in [0.3, 0.4) is 0 Å². The topological polar surface area (TPSA) is 291 Å². The van der Waals surface area contributed by atoms with Crippen LogP contribution in [0.5, 0.6) is 0 Å². The molecule has 3 aliphatic heterocycles. The Hall–Kier alpha value is -4.40. The van der Waals surface area contributed by atoms with E-state index in [1.165, 1.54) is 0 Å². The van der Waals surface area contributed by atoms with Gasteiger partial charge in [0, 0.05) is 70.7 Å². The molecule has 341 valence electrons. The number of thioether (sulfide) groups is 1. The van der Waals surface area contributed by atoms with Crippen LogP contribution in [0.15, 0.2) is 23.2 Å². The van der Waals surface area contributed by atoms with Crippen molar-refractivity contribution >= 4 is 75.7 Å². The molecule has 19 nitrogen and oxygen atoms in total. The van der Waals surface area contributed by atoms with Crippen molar-refractivity contribution in [2.24, 2.45) is 23.5 Å². The number of hydrogen-bond donors (Lipinski definition) is 9. The van der Waals surface area contributed by atoms with Crippen LogP contribution in [0.2, 0.25) is 0 Å². The SMILES string of the molecule is CC[C@H](C)[C@@H]1NC(=O)CNC(=O)C2Cc3c([nH]c4c[c-]ccc34)SC[C@H](NC(=O)CCC1=O)C(=O)N[C@@H](CC(N)=O)C(=O)N1C[C@H](O)C[C@H]1C(=O)NC([C@@H](C)[C@@H](C)CC)C(=O)N2.[Y]. The second-order valence-corrected chi connectivity index (χ2v) is 17.6. The van der Waals surface area contributed by atoms with Crippen molar-refractivity contribution < 1.29 is 81.0 Å². The van der Waals surface area contributed by atoms with Gasteiger partial charge in [-0.1, -0.05) is 53.0 Å². The van der Waals surface area contributed by atoms with Gasteiger partial charge in [-0.3, -0.25) is 43.2 Å². The Bertz CT molecular complexity index is 2070. The number of nitrogens with two attached hydrogens (primary N) is 1. The van der Waals surface area contributed by atoms with Crippen molar-refractivity contribution in [1.82, 2.24) is 41.8 Å². The van der Waals surface area contributed by atoms with E-state index in [-0.39, 0.29) is 82.5 Å². The van der Waals surface area contributed by atoms with Crippen molar-refractivity contribution in [3.05, 3.63) is 29.8 Å². The minimum Gasteiger partial charge on any atom is -0.403 e. The zero-order valence-corrected chi connectivity index (χ0v) is 39.9. The second kappa shape index (κ2) is 23.0. The number of nitrogens with one attached hydrogen (secondary N) is 7. The molecule has 1 aromatic heterocycles. The van der Waals surface area contributed by atoms with Crippen LogP contribution in [0.4, 0.5) is 0 Å². The van der Waals surface area contributed by atoms with Crippen LogP contribution in [-0.4, -0.2) is 129 Å². The molecule has 0 spiro atoms. The molecule has 2 unspecified atom stereocenters. The third kappa shape index (κ3) is 12.9. The number of Topliss-reactive ketones (excluding diaryl/α,β-unsaturated/α-hetero) is 1. The van der Waals surface area contributed by atoms with E-state index in [4.69, 9.17) is 5.73 Å². The number of rotatable bonds is 7. The number of aliphatic hydroxyl groups is 1. The van der Waals surface area contributed by atoms with Crippen LogP contribution < -0.4 is 37.6 Å². The number of nitrogens with zero attached hydrogens (tertiary/aromatic N) is 1. The number of ketones is 1. The molecule has 1 saturated heterocycles. The third-order valence-corrected chi connectivity index (χ3v) is 13.4. The van der Waals surface area contributed by atoms with Gasteiger partial charge in [0.1, 0.15) is 30.2 Å². The zero-order chi connectivity index (χ0) is 45.4. The molecule has 3 aliphatic rings. The molecule has 2 bridgehead atoms. The number of primary amides is 1. The van der Waals surface area contributed by atoms with E-state index in [0.29, 0.717) is 34.3 Å². The number of carbonyl (C=O) groups excluding carboxylic acids is 9. The fraction of sp³-hybridized carbons (Fsp3) is 0.595. The first-order valence-electron chi connectivity index (χ1n) is 21.1. The first kappa shape index (κ1) is 51.2. The molecule has 10 N–H and O–H groups in total. The molecule has 21 heteroatoms. The van der Waals surface area contributed by atoms with Gasteiger partial charge in [0.05, 0.1) is 30.1 Å². The van der Waals surface area contributed by atoms with Gasteiger partial charge >= 0.3 is 0 Å². The van der Waals surface area contributed by atoms with Crippen LogP contribution in [0.1, 0.15) is 78.7 Å². The number of aromatic nitrogens is 1. The van der Waals surface area contributed by atoms with E-state index in [1.807, 2.05) is 20.8 Å². The van der Waals surface area contributed by atoms with Crippen LogP contribution in [0, 0.1) is 23.8 Å². The monoisotopic (exact) mass is 969 g/mol. The number of fused-ring (bicyclic) bond motifs is 5. The van der Waals surface area contributed by atoms with E-state index in [9.17, 15) is 48.3 Å². The van der Waals surface area contributed by atoms with Crippen molar-refractivity contribution in [2.45, 2.75) is 127 Å². The predicted octanol–water partition coefficient (Wildman–Crippen LogP) is -0.918. The average molecular weight is 970 g/mol. The summed E-state index contributed by atoms with van der Waals surface area (Å²) in [5, 5.41) is 28.0. The predicted molar refractivity (Wildman–Crippen MR) is 226 cm³/mol. The summed E-state index contributed by atoms with van der Waals surface area (Å²) in [7, 11) is 0. The maximum Gasteiger partial charge on any atom is 0.246 e. The molecule has 0 aliphatic carbocycles. The van der Waals surface area contributed by atoms with E-state index >= 15 is 0 Å². The van der Waals surface area contributed by atoms with Crippen LogP contribution in [-0.2, 0) is 82.3 Å². The fourth-order valence-corrected chi connectivity index (χ4v) is 9.10. The van der Waals surface area contributed by atoms with Gasteiger partial charge in [0.15, 0.2) is 5.78 Å². The van der Waals surface area contributed by atoms with Gasteiger partial charge in [-0.15, -0.1) is 17.1 Å². The van der Waals surface area contributed by atoms with Gasteiger partial charge in [0.2, 0.25) is 47.3 Å². The molecule has 0 saturated carbocycles. The number of amides is 8. The number of carbonyl (C=O) groups is 9. The summed E-state index contributed by atoms with van der Waals surface area (Å²) in [4.78, 5) is 129. The fourth-order valence-electron chi connectivity index (χ4n) is 7.98. The Morgan fingerprint density at radius 3 is 2.30 bits per heavy atom. The van der Waals surface area contributed by atoms with E-state index < -0.39 is 114 Å². The number of H-pyrrole nitrogens is 1. The number of aliphatic hydroxyl groups excluding tert-OH is 1. The van der Waals surface area contributed by atoms with Crippen LogP contribution in [0.25, 0.3) is 10.9 Å².